The van der Waals surface area contributed by atoms with Crippen LogP contribution in [0.2, 0.25) is 0 Å². The normalized spacial score (nSPS) is 15.5. The van der Waals surface area contributed by atoms with E-state index in [2.05, 4.69) is 29.2 Å². The number of ether oxygens (including phenoxy) is 1. The highest BCUT2D eigenvalue weighted by molar-refractivity contribution is 5.93. The molecule has 0 aliphatic carbocycles. The summed E-state index contributed by atoms with van der Waals surface area (Å²) in [6, 6.07) is 16.0. The highest BCUT2D eigenvalue weighted by Crippen LogP contribution is 2.20. The molecular weight excluding hydrogens is 288 g/mol. The molecule has 3 rings (SSSR count). The van der Waals surface area contributed by atoms with Crippen LogP contribution >= 0.6 is 0 Å². The van der Waals surface area contributed by atoms with Gasteiger partial charge in [-0.2, -0.15) is 0 Å². The molecule has 4 nitrogen and oxygen atoms in total. The molecule has 2 N–H and O–H groups in total. The van der Waals surface area contributed by atoms with Crippen LogP contribution in [0.5, 0.6) is 0 Å². The number of hydrogen-bond donors (Lipinski definition) is 1. The highest BCUT2D eigenvalue weighted by atomic mass is 16.5. The first-order valence-electron chi connectivity index (χ1n) is 8.02. The van der Waals surface area contributed by atoms with Gasteiger partial charge in [-0.05, 0) is 35.2 Å². The Morgan fingerprint density at radius 1 is 0.957 bits per heavy atom. The Labute approximate surface area is 136 Å². The third kappa shape index (κ3) is 4.18. The molecule has 4 heteroatoms. The predicted molar refractivity (Wildman–Crippen MR) is 91.4 cm³/mol. The van der Waals surface area contributed by atoms with E-state index in [0.29, 0.717) is 5.56 Å². The molecule has 23 heavy (non-hydrogen) atoms. The van der Waals surface area contributed by atoms with E-state index < -0.39 is 5.91 Å². The Morgan fingerprint density at radius 3 is 2.09 bits per heavy atom. The predicted octanol–water partition coefficient (Wildman–Crippen LogP) is 2.33. The number of primary amides is 1. The molecule has 0 saturated carbocycles. The van der Waals surface area contributed by atoms with Gasteiger partial charge in [0.2, 0.25) is 5.91 Å². The van der Waals surface area contributed by atoms with Crippen molar-refractivity contribution < 1.29 is 9.53 Å². The third-order valence-electron chi connectivity index (χ3n) is 4.28. The van der Waals surface area contributed by atoms with Gasteiger partial charge < -0.3 is 10.5 Å². The standard InChI is InChI=1S/C19H22N2O2/c20-19(22)18-7-5-17(6-8-18)16-3-1-15(2-4-16)9-10-21-11-13-23-14-12-21/h1-8H,9-14H2,(H2,20,22). The van der Waals surface area contributed by atoms with E-state index in [4.69, 9.17) is 10.5 Å². The van der Waals surface area contributed by atoms with E-state index in [9.17, 15) is 4.79 Å². The molecule has 1 aliphatic rings. The summed E-state index contributed by atoms with van der Waals surface area (Å²) in [5.74, 6) is -0.394. The van der Waals surface area contributed by atoms with Gasteiger partial charge in [0.05, 0.1) is 13.2 Å². The molecule has 0 unspecified atom stereocenters. The Morgan fingerprint density at radius 2 is 1.52 bits per heavy atom. The molecule has 1 heterocycles. The van der Waals surface area contributed by atoms with Gasteiger partial charge >= 0.3 is 0 Å². The summed E-state index contributed by atoms with van der Waals surface area (Å²) in [7, 11) is 0. The third-order valence-corrected chi connectivity index (χ3v) is 4.28. The molecule has 1 fully saturated rings. The smallest absolute Gasteiger partial charge is 0.248 e. The Bertz CT molecular complexity index is 644. The number of carbonyl (C=O) groups is 1. The van der Waals surface area contributed by atoms with Gasteiger partial charge in [0.25, 0.3) is 0 Å². The molecule has 0 spiro atoms. The zero-order valence-corrected chi connectivity index (χ0v) is 13.2. The molecule has 1 amide bonds. The first kappa shape index (κ1) is 15.7. The second-order valence-electron chi connectivity index (χ2n) is 5.84. The molecular formula is C19H22N2O2. The lowest BCUT2D eigenvalue weighted by molar-refractivity contribution is 0.0384. The van der Waals surface area contributed by atoms with Gasteiger partial charge in [0, 0.05) is 25.2 Å². The van der Waals surface area contributed by atoms with Gasteiger partial charge in [-0.3, -0.25) is 9.69 Å². The lowest BCUT2D eigenvalue weighted by Gasteiger charge is -2.26. The van der Waals surface area contributed by atoms with Crippen LogP contribution in [-0.2, 0) is 11.2 Å². The number of benzene rings is 2. The fraction of sp³-hybridized carbons (Fsp3) is 0.316. The second kappa shape index (κ2) is 7.40. The fourth-order valence-electron chi connectivity index (χ4n) is 2.80. The lowest BCUT2D eigenvalue weighted by Crippen LogP contribution is -2.37. The van der Waals surface area contributed by atoms with Crippen molar-refractivity contribution in [3.63, 3.8) is 0 Å². The molecule has 0 aromatic heterocycles. The maximum atomic E-state index is 11.1. The maximum absolute atomic E-state index is 11.1. The molecule has 1 saturated heterocycles. The van der Waals surface area contributed by atoms with Crippen LogP contribution in [0.1, 0.15) is 15.9 Å². The van der Waals surface area contributed by atoms with Crippen LogP contribution in [0.3, 0.4) is 0 Å². The van der Waals surface area contributed by atoms with E-state index in [1.807, 2.05) is 12.1 Å². The Hall–Kier alpha value is -2.17. The molecule has 0 atom stereocenters. The van der Waals surface area contributed by atoms with E-state index in [0.717, 1.165) is 50.4 Å². The largest absolute Gasteiger partial charge is 0.379 e. The van der Waals surface area contributed by atoms with E-state index >= 15 is 0 Å². The van der Waals surface area contributed by atoms with E-state index in [-0.39, 0.29) is 0 Å². The monoisotopic (exact) mass is 310 g/mol. The van der Waals surface area contributed by atoms with Crippen LogP contribution in [0, 0.1) is 0 Å². The molecule has 2 aromatic carbocycles. The highest BCUT2D eigenvalue weighted by Gasteiger charge is 2.09. The summed E-state index contributed by atoms with van der Waals surface area (Å²) in [4.78, 5) is 13.6. The van der Waals surface area contributed by atoms with Gasteiger partial charge in [-0.1, -0.05) is 36.4 Å². The maximum Gasteiger partial charge on any atom is 0.248 e. The molecule has 0 bridgehead atoms. The minimum atomic E-state index is -0.394. The van der Waals surface area contributed by atoms with Crippen LogP contribution in [0.25, 0.3) is 11.1 Å². The van der Waals surface area contributed by atoms with Crippen molar-refractivity contribution in [2.24, 2.45) is 5.73 Å². The van der Waals surface area contributed by atoms with Crippen molar-refractivity contribution in [2.45, 2.75) is 6.42 Å². The summed E-state index contributed by atoms with van der Waals surface area (Å²) in [5.41, 5.74) is 9.39. The average Bonchev–Trinajstić information content (AvgIpc) is 2.61. The average molecular weight is 310 g/mol. The quantitative estimate of drug-likeness (QED) is 0.922. The molecule has 120 valence electrons. The fourth-order valence-corrected chi connectivity index (χ4v) is 2.80. The number of morpholine rings is 1. The summed E-state index contributed by atoms with van der Waals surface area (Å²) in [6.07, 6.45) is 1.06. The summed E-state index contributed by atoms with van der Waals surface area (Å²) >= 11 is 0. The number of hydrogen-bond acceptors (Lipinski definition) is 3. The first-order chi connectivity index (χ1) is 11.2. The lowest BCUT2D eigenvalue weighted by atomic mass is 10.0. The van der Waals surface area contributed by atoms with Gasteiger partial charge in [0.15, 0.2) is 0 Å². The van der Waals surface area contributed by atoms with Crippen LogP contribution in [-0.4, -0.2) is 43.7 Å². The van der Waals surface area contributed by atoms with Crippen LogP contribution in [0.15, 0.2) is 48.5 Å². The van der Waals surface area contributed by atoms with E-state index in [1.165, 1.54) is 5.56 Å². The molecule has 2 aromatic rings. The minimum absolute atomic E-state index is 0.394. The van der Waals surface area contributed by atoms with Crippen molar-refractivity contribution in [2.75, 3.05) is 32.8 Å². The number of nitrogens with zero attached hydrogens (tertiary/aromatic N) is 1. The Balaban J connectivity index is 1.61. The van der Waals surface area contributed by atoms with Crippen molar-refractivity contribution >= 4 is 5.91 Å². The van der Waals surface area contributed by atoms with Crippen molar-refractivity contribution in [3.05, 3.63) is 59.7 Å². The topological polar surface area (TPSA) is 55.6 Å². The van der Waals surface area contributed by atoms with Gasteiger partial charge in [0.1, 0.15) is 0 Å². The number of rotatable bonds is 5. The SMILES string of the molecule is NC(=O)c1ccc(-c2ccc(CCN3CCOCC3)cc2)cc1. The van der Waals surface area contributed by atoms with Crippen molar-refractivity contribution in [1.29, 1.82) is 0 Å². The number of amides is 1. The Kier molecular flexibility index (Phi) is 5.05. The zero-order chi connectivity index (χ0) is 16.1. The van der Waals surface area contributed by atoms with E-state index in [1.54, 1.807) is 12.1 Å². The van der Waals surface area contributed by atoms with Gasteiger partial charge in [-0.25, -0.2) is 0 Å². The first-order valence-corrected chi connectivity index (χ1v) is 8.02. The summed E-state index contributed by atoms with van der Waals surface area (Å²) < 4.78 is 5.37. The van der Waals surface area contributed by atoms with Crippen LogP contribution < -0.4 is 5.73 Å². The van der Waals surface area contributed by atoms with Crippen LogP contribution in [0.4, 0.5) is 0 Å². The number of nitrogens with two attached hydrogens (primary N) is 1. The zero-order valence-electron chi connectivity index (χ0n) is 13.2. The van der Waals surface area contributed by atoms with Gasteiger partial charge in [-0.15, -0.1) is 0 Å². The minimum Gasteiger partial charge on any atom is -0.379 e. The molecule has 0 radical (unpaired) electrons. The molecule has 1 aliphatic heterocycles. The number of carbonyl (C=O) groups excluding carboxylic acids is 1. The second-order valence-corrected chi connectivity index (χ2v) is 5.84. The van der Waals surface area contributed by atoms with Crippen molar-refractivity contribution in [1.82, 2.24) is 4.90 Å². The van der Waals surface area contributed by atoms with Crippen molar-refractivity contribution in [3.8, 4) is 11.1 Å². The summed E-state index contributed by atoms with van der Waals surface area (Å²) in [6.45, 7) is 4.84. The summed E-state index contributed by atoms with van der Waals surface area (Å²) in [5, 5.41) is 0.